The Kier molecular flexibility index (Phi) is 5.25. The number of aromatic nitrogens is 2. The number of halogens is 1. The quantitative estimate of drug-likeness (QED) is 0.617. The smallest absolute Gasteiger partial charge is 0.258 e. The molecule has 1 aliphatic heterocycles. The van der Waals surface area contributed by atoms with Gasteiger partial charge >= 0.3 is 0 Å². The highest BCUT2D eigenvalue weighted by Crippen LogP contribution is 2.10. The second kappa shape index (κ2) is 7.80. The predicted octanol–water partition coefficient (Wildman–Crippen LogP) is 0.621. The first-order valence-electron chi connectivity index (χ1n) is 9.52. The average Bonchev–Trinajstić information content (AvgIpc) is 2.68. The molecule has 0 aliphatic carbocycles. The van der Waals surface area contributed by atoms with Crippen molar-refractivity contribution in [1.29, 1.82) is 0 Å². The standard InChI is InChI=1S/C21H23ClN4O/c1-15(20-23-19-8-3-2-7-18(19)21(27)24-20)26-11-9-25(10-12-26)14-16-5-4-6-17(22)13-16/h2-8,13,15H,9-12,14H2,1H3,(H,23,24,27)/p+2/t15-/m0/s1. The number of aromatic amines is 1. The lowest BCUT2D eigenvalue weighted by Crippen LogP contribution is -3.27. The Morgan fingerprint density at radius 3 is 2.67 bits per heavy atom. The number of hydrogen-bond acceptors (Lipinski definition) is 2. The third-order valence-electron chi connectivity index (χ3n) is 5.60. The van der Waals surface area contributed by atoms with Crippen molar-refractivity contribution in [3.05, 3.63) is 75.3 Å². The fourth-order valence-corrected chi connectivity index (χ4v) is 4.19. The van der Waals surface area contributed by atoms with Crippen molar-refractivity contribution in [2.24, 2.45) is 0 Å². The Bertz CT molecular complexity index is 995. The molecule has 1 aliphatic rings. The van der Waals surface area contributed by atoms with E-state index in [2.05, 4.69) is 24.0 Å². The number of fused-ring (bicyclic) bond motifs is 1. The normalized spacial score (nSPS) is 21.3. The van der Waals surface area contributed by atoms with Crippen molar-refractivity contribution in [3.63, 3.8) is 0 Å². The molecule has 1 atom stereocenters. The molecular weight excluding hydrogens is 360 g/mol. The van der Waals surface area contributed by atoms with E-state index in [4.69, 9.17) is 16.6 Å². The number of H-pyrrole nitrogens is 1. The number of rotatable bonds is 4. The van der Waals surface area contributed by atoms with Gasteiger partial charge in [0.15, 0.2) is 5.82 Å². The number of quaternary nitrogens is 2. The number of nitrogens with zero attached hydrogens (tertiary/aromatic N) is 1. The van der Waals surface area contributed by atoms with Crippen molar-refractivity contribution in [2.45, 2.75) is 19.5 Å². The Hall–Kier alpha value is -2.21. The summed E-state index contributed by atoms with van der Waals surface area (Å²) < 4.78 is 0. The summed E-state index contributed by atoms with van der Waals surface area (Å²) in [5.74, 6) is 0.784. The van der Waals surface area contributed by atoms with Crippen LogP contribution in [-0.4, -0.2) is 36.1 Å². The molecule has 3 aromatic rings. The third-order valence-corrected chi connectivity index (χ3v) is 5.83. The van der Waals surface area contributed by atoms with Crippen LogP contribution < -0.4 is 15.4 Å². The molecule has 4 rings (SSSR count). The second-order valence-electron chi connectivity index (χ2n) is 7.40. The van der Waals surface area contributed by atoms with Crippen LogP contribution in [0.4, 0.5) is 0 Å². The highest BCUT2D eigenvalue weighted by atomic mass is 35.5. The first-order chi connectivity index (χ1) is 13.1. The maximum atomic E-state index is 12.3. The van der Waals surface area contributed by atoms with Gasteiger partial charge in [0.05, 0.1) is 10.9 Å². The van der Waals surface area contributed by atoms with Gasteiger partial charge in [-0.15, -0.1) is 0 Å². The van der Waals surface area contributed by atoms with E-state index in [-0.39, 0.29) is 11.6 Å². The summed E-state index contributed by atoms with van der Waals surface area (Å²) in [7, 11) is 0. The summed E-state index contributed by atoms with van der Waals surface area (Å²) in [6, 6.07) is 15.8. The minimum Gasteiger partial charge on any atom is -0.322 e. The summed E-state index contributed by atoms with van der Waals surface area (Å²) in [5.41, 5.74) is 2.01. The van der Waals surface area contributed by atoms with E-state index in [1.165, 1.54) is 10.5 Å². The van der Waals surface area contributed by atoms with Crippen molar-refractivity contribution in [2.75, 3.05) is 26.2 Å². The van der Waals surface area contributed by atoms with Crippen LogP contribution in [0.3, 0.4) is 0 Å². The zero-order valence-electron chi connectivity index (χ0n) is 15.5. The minimum absolute atomic E-state index is 0.0490. The molecular formula is C21H25ClN4O+2. The molecule has 0 amide bonds. The molecule has 0 bridgehead atoms. The highest BCUT2D eigenvalue weighted by Gasteiger charge is 2.29. The van der Waals surface area contributed by atoms with E-state index in [1.54, 1.807) is 4.90 Å². The number of benzene rings is 2. The van der Waals surface area contributed by atoms with Crippen molar-refractivity contribution in [1.82, 2.24) is 9.97 Å². The number of para-hydroxylation sites is 1. The van der Waals surface area contributed by atoms with E-state index in [0.717, 1.165) is 49.1 Å². The van der Waals surface area contributed by atoms with Crippen LogP contribution in [0.25, 0.3) is 10.9 Å². The number of nitrogens with one attached hydrogen (secondary N) is 3. The van der Waals surface area contributed by atoms with Gasteiger partial charge in [0.2, 0.25) is 0 Å². The van der Waals surface area contributed by atoms with Crippen LogP contribution in [0.15, 0.2) is 53.3 Å². The minimum atomic E-state index is -0.0490. The highest BCUT2D eigenvalue weighted by molar-refractivity contribution is 6.30. The molecule has 5 nitrogen and oxygen atoms in total. The topological polar surface area (TPSA) is 54.6 Å². The maximum Gasteiger partial charge on any atom is 0.258 e. The lowest BCUT2D eigenvalue weighted by molar-refractivity contribution is -1.03. The van der Waals surface area contributed by atoms with Gasteiger partial charge in [0.25, 0.3) is 5.56 Å². The van der Waals surface area contributed by atoms with Gasteiger partial charge in [-0.25, -0.2) is 4.98 Å². The molecule has 1 aromatic heterocycles. The van der Waals surface area contributed by atoms with Crippen molar-refractivity contribution < 1.29 is 9.80 Å². The average molecular weight is 385 g/mol. The lowest BCUT2D eigenvalue weighted by Gasteiger charge is -2.32. The Balaban J connectivity index is 1.43. The Morgan fingerprint density at radius 2 is 1.89 bits per heavy atom. The fourth-order valence-electron chi connectivity index (χ4n) is 3.97. The van der Waals surface area contributed by atoms with Gasteiger partial charge in [0.1, 0.15) is 38.8 Å². The number of hydrogen-bond donors (Lipinski definition) is 3. The summed E-state index contributed by atoms with van der Waals surface area (Å²) in [6.45, 7) is 7.49. The molecule has 0 spiro atoms. The lowest BCUT2D eigenvalue weighted by atomic mass is 10.1. The first-order valence-corrected chi connectivity index (χ1v) is 9.89. The van der Waals surface area contributed by atoms with Gasteiger partial charge in [0, 0.05) is 10.6 Å². The number of piperazine rings is 1. The van der Waals surface area contributed by atoms with Crippen LogP contribution in [0.5, 0.6) is 0 Å². The van der Waals surface area contributed by atoms with Crippen LogP contribution in [0, 0.1) is 0 Å². The predicted molar refractivity (Wildman–Crippen MR) is 107 cm³/mol. The Morgan fingerprint density at radius 1 is 1.11 bits per heavy atom. The van der Waals surface area contributed by atoms with E-state index in [0.29, 0.717) is 5.39 Å². The van der Waals surface area contributed by atoms with E-state index in [9.17, 15) is 4.79 Å². The SMILES string of the molecule is C[C@@H](c1nc2ccccc2c(=O)[nH]1)[NH+]1CC[NH+](Cc2cccc(Cl)c2)CC1. The van der Waals surface area contributed by atoms with Crippen LogP contribution in [0.2, 0.25) is 5.02 Å². The molecule has 1 fully saturated rings. The molecule has 27 heavy (non-hydrogen) atoms. The molecule has 0 unspecified atom stereocenters. The van der Waals surface area contributed by atoms with Gasteiger partial charge in [-0.2, -0.15) is 0 Å². The van der Waals surface area contributed by atoms with Crippen LogP contribution >= 0.6 is 11.6 Å². The maximum absolute atomic E-state index is 12.3. The summed E-state index contributed by atoms with van der Waals surface area (Å²) in [5, 5.41) is 1.45. The van der Waals surface area contributed by atoms with Crippen LogP contribution in [0.1, 0.15) is 24.4 Å². The zero-order chi connectivity index (χ0) is 18.8. The molecule has 140 valence electrons. The van der Waals surface area contributed by atoms with E-state index in [1.807, 2.05) is 36.4 Å². The molecule has 0 saturated carbocycles. The van der Waals surface area contributed by atoms with Gasteiger partial charge in [-0.3, -0.25) is 4.79 Å². The van der Waals surface area contributed by atoms with E-state index >= 15 is 0 Å². The summed E-state index contributed by atoms with van der Waals surface area (Å²) in [4.78, 5) is 23.1. The Labute approximate surface area is 163 Å². The third kappa shape index (κ3) is 4.05. The van der Waals surface area contributed by atoms with Crippen LogP contribution in [-0.2, 0) is 6.54 Å². The molecule has 1 saturated heterocycles. The van der Waals surface area contributed by atoms with Gasteiger partial charge in [-0.1, -0.05) is 35.9 Å². The molecule has 0 radical (unpaired) electrons. The first kappa shape index (κ1) is 18.2. The fraction of sp³-hybridized carbons (Fsp3) is 0.333. The zero-order valence-corrected chi connectivity index (χ0v) is 16.2. The van der Waals surface area contributed by atoms with Crippen molar-refractivity contribution >= 4 is 22.5 Å². The summed E-state index contributed by atoms with van der Waals surface area (Å²) >= 11 is 6.10. The monoisotopic (exact) mass is 384 g/mol. The summed E-state index contributed by atoms with van der Waals surface area (Å²) in [6.07, 6.45) is 0. The van der Waals surface area contributed by atoms with Crippen molar-refractivity contribution in [3.8, 4) is 0 Å². The molecule has 2 aromatic carbocycles. The largest absolute Gasteiger partial charge is 0.322 e. The molecule has 3 N–H and O–H groups in total. The van der Waals surface area contributed by atoms with Gasteiger partial charge in [-0.05, 0) is 31.2 Å². The molecule has 2 heterocycles. The van der Waals surface area contributed by atoms with E-state index < -0.39 is 0 Å². The second-order valence-corrected chi connectivity index (χ2v) is 7.84. The van der Waals surface area contributed by atoms with Gasteiger partial charge < -0.3 is 14.8 Å². The molecule has 6 heteroatoms.